The SMILES string of the molecule is CC(C)(C)OC(=O)NCCCC[C@H](NC(=O)OC(C)(C)C)C(=O)N[C@@H](CCCCNC(=O)OC(C)(C)C)C(=O)NCCCOCc1ccccc1. The fourth-order valence-corrected chi connectivity index (χ4v) is 4.49. The quantitative estimate of drug-likeness (QED) is 0.0861. The smallest absolute Gasteiger partial charge is 0.408 e. The van der Waals surface area contributed by atoms with Crippen molar-refractivity contribution in [1.82, 2.24) is 26.6 Å². The summed E-state index contributed by atoms with van der Waals surface area (Å²) < 4.78 is 21.6. The summed E-state index contributed by atoms with van der Waals surface area (Å²) in [4.78, 5) is 63.6. The van der Waals surface area contributed by atoms with Crippen LogP contribution in [-0.4, -0.2) is 85.2 Å². The first-order valence-corrected chi connectivity index (χ1v) is 17.9. The molecule has 0 saturated heterocycles. The molecule has 0 saturated carbocycles. The second-order valence-corrected chi connectivity index (χ2v) is 15.3. The Morgan fingerprint density at radius 1 is 0.549 bits per heavy atom. The van der Waals surface area contributed by atoms with E-state index in [9.17, 15) is 24.0 Å². The minimum atomic E-state index is -1.00. The Balaban J connectivity index is 2.85. The molecule has 5 amide bonds. The van der Waals surface area contributed by atoms with Crippen molar-refractivity contribution in [3.8, 4) is 0 Å². The van der Waals surface area contributed by atoms with Crippen LogP contribution in [0.1, 0.15) is 113 Å². The molecule has 51 heavy (non-hydrogen) atoms. The molecule has 0 spiro atoms. The second kappa shape index (κ2) is 22.7. The lowest BCUT2D eigenvalue weighted by Gasteiger charge is -2.25. The Kier molecular flexibility index (Phi) is 20.0. The van der Waals surface area contributed by atoms with E-state index in [-0.39, 0.29) is 18.7 Å². The minimum Gasteiger partial charge on any atom is -0.444 e. The molecule has 1 aromatic rings. The van der Waals surface area contributed by atoms with Crippen LogP contribution >= 0.6 is 0 Å². The van der Waals surface area contributed by atoms with E-state index in [1.807, 2.05) is 30.3 Å². The van der Waals surface area contributed by atoms with Crippen LogP contribution in [0.3, 0.4) is 0 Å². The maximum atomic E-state index is 13.6. The highest BCUT2D eigenvalue weighted by atomic mass is 16.6. The summed E-state index contributed by atoms with van der Waals surface area (Å²) in [7, 11) is 0. The predicted molar refractivity (Wildman–Crippen MR) is 195 cm³/mol. The first kappa shape index (κ1) is 45.0. The van der Waals surface area contributed by atoms with Crippen LogP contribution in [0.4, 0.5) is 14.4 Å². The number of benzene rings is 1. The minimum absolute atomic E-state index is 0.230. The number of ether oxygens (including phenoxy) is 4. The molecular formula is C37H63N5O9. The summed E-state index contributed by atoms with van der Waals surface area (Å²) in [5, 5.41) is 13.7. The first-order chi connectivity index (χ1) is 23.7. The number of hydrogen-bond acceptors (Lipinski definition) is 9. The molecule has 1 aromatic carbocycles. The normalized spacial score (nSPS) is 12.9. The molecule has 0 fully saturated rings. The van der Waals surface area contributed by atoms with Crippen LogP contribution in [0.25, 0.3) is 0 Å². The van der Waals surface area contributed by atoms with Gasteiger partial charge in [0.2, 0.25) is 11.8 Å². The van der Waals surface area contributed by atoms with Gasteiger partial charge in [0.1, 0.15) is 28.9 Å². The van der Waals surface area contributed by atoms with Crippen molar-refractivity contribution >= 4 is 30.1 Å². The van der Waals surface area contributed by atoms with Crippen LogP contribution in [0, 0.1) is 0 Å². The molecule has 14 heteroatoms. The van der Waals surface area contributed by atoms with E-state index in [1.54, 1.807) is 62.3 Å². The molecule has 0 radical (unpaired) electrons. The highest BCUT2D eigenvalue weighted by Crippen LogP contribution is 2.11. The third-order valence-corrected chi connectivity index (χ3v) is 6.69. The van der Waals surface area contributed by atoms with Gasteiger partial charge in [-0.1, -0.05) is 30.3 Å². The van der Waals surface area contributed by atoms with Crippen LogP contribution in [0.5, 0.6) is 0 Å². The van der Waals surface area contributed by atoms with Gasteiger partial charge in [-0.3, -0.25) is 9.59 Å². The molecule has 0 aliphatic carbocycles. The molecule has 1 rings (SSSR count). The van der Waals surface area contributed by atoms with Gasteiger partial charge in [-0.25, -0.2) is 14.4 Å². The van der Waals surface area contributed by atoms with Gasteiger partial charge in [-0.2, -0.15) is 0 Å². The van der Waals surface area contributed by atoms with Gasteiger partial charge in [-0.15, -0.1) is 0 Å². The van der Waals surface area contributed by atoms with Gasteiger partial charge >= 0.3 is 18.3 Å². The van der Waals surface area contributed by atoms with Gasteiger partial charge < -0.3 is 45.5 Å². The van der Waals surface area contributed by atoms with Crippen molar-refractivity contribution in [3.05, 3.63) is 35.9 Å². The molecule has 5 N–H and O–H groups in total. The number of nitrogens with one attached hydrogen (secondary N) is 5. The average Bonchev–Trinajstić information content (AvgIpc) is 2.98. The molecule has 290 valence electrons. The lowest BCUT2D eigenvalue weighted by molar-refractivity contribution is -0.130. The summed E-state index contributed by atoms with van der Waals surface area (Å²) in [6, 6.07) is 7.87. The maximum Gasteiger partial charge on any atom is 0.408 e. The number of amides is 5. The zero-order chi connectivity index (χ0) is 38.5. The third kappa shape index (κ3) is 24.7. The van der Waals surface area contributed by atoms with Gasteiger partial charge in [-0.05, 0) is 113 Å². The molecule has 0 heterocycles. The Morgan fingerprint density at radius 2 is 1.00 bits per heavy atom. The van der Waals surface area contributed by atoms with Crippen LogP contribution < -0.4 is 26.6 Å². The monoisotopic (exact) mass is 721 g/mol. The number of unbranched alkanes of at least 4 members (excludes halogenated alkanes) is 2. The van der Waals surface area contributed by atoms with E-state index in [2.05, 4.69) is 26.6 Å². The molecule has 0 aliphatic rings. The van der Waals surface area contributed by atoms with Crippen LogP contribution in [0.15, 0.2) is 30.3 Å². The van der Waals surface area contributed by atoms with E-state index in [4.69, 9.17) is 18.9 Å². The molecule has 0 aromatic heterocycles. The zero-order valence-corrected chi connectivity index (χ0v) is 32.2. The molecule has 0 bridgehead atoms. The number of rotatable bonds is 20. The van der Waals surface area contributed by atoms with E-state index in [1.165, 1.54) is 0 Å². The fourth-order valence-electron chi connectivity index (χ4n) is 4.49. The number of alkyl carbamates (subject to hydrolysis) is 3. The number of carbonyl (C=O) groups excluding carboxylic acids is 5. The third-order valence-electron chi connectivity index (χ3n) is 6.69. The first-order valence-electron chi connectivity index (χ1n) is 17.9. The number of hydrogen-bond donors (Lipinski definition) is 5. The standard InChI is InChI=1S/C37H63N5O9/c1-35(2,3)49-32(45)39-22-15-13-20-28(30(43)38-24-17-25-48-26-27-18-11-10-12-19-27)41-31(44)29(42-34(47)51-37(7,8)9)21-14-16-23-40-33(46)50-36(4,5)6/h10-12,18-19,28-29H,13-17,20-26H2,1-9H3,(H,38,43)(H,39,45)(H,40,46)(H,41,44)(H,42,47)/t28-,29-/m0/s1. The topological polar surface area (TPSA) is 182 Å². The van der Waals surface area contributed by atoms with Crippen LogP contribution in [0.2, 0.25) is 0 Å². The highest BCUT2D eigenvalue weighted by molar-refractivity contribution is 5.91. The summed E-state index contributed by atoms with van der Waals surface area (Å²) in [6.07, 6.45) is 1.28. The van der Waals surface area contributed by atoms with E-state index in [0.29, 0.717) is 65.0 Å². The average molecular weight is 722 g/mol. The molecule has 2 atom stereocenters. The summed E-state index contributed by atoms with van der Waals surface area (Å²) in [5.41, 5.74) is -0.983. The maximum absolute atomic E-state index is 13.6. The fraction of sp³-hybridized carbons (Fsp3) is 0.703. The summed E-state index contributed by atoms with van der Waals surface area (Å²) in [5.74, 6) is -0.914. The van der Waals surface area contributed by atoms with Crippen molar-refractivity contribution in [2.75, 3.05) is 26.2 Å². The number of carbonyl (C=O) groups is 5. The predicted octanol–water partition coefficient (Wildman–Crippen LogP) is 5.48. The van der Waals surface area contributed by atoms with E-state index in [0.717, 1.165) is 5.56 Å². The Bertz CT molecular complexity index is 1210. The van der Waals surface area contributed by atoms with Crippen LogP contribution in [-0.2, 0) is 35.1 Å². The molecule has 0 unspecified atom stereocenters. The van der Waals surface area contributed by atoms with Crippen molar-refractivity contribution in [2.24, 2.45) is 0 Å². The van der Waals surface area contributed by atoms with E-state index < -0.39 is 53.1 Å². The molecular weight excluding hydrogens is 658 g/mol. The summed E-state index contributed by atoms with van der Waals surface area (Å²) in [6.45, 7) is 17.7. The highest BCUT2D eigenvalue weighted by Gasteiger charge is 2.28. The summed E-state index contributed by atoms with van der Waals surface area (Å²) >= 11 is 0. The van der Waals surface area contributed by atoms with Crippen molar-refractivity contribution < 1.29 is 42.9 Å². The van der Waals surface area contributed by atoms with Crippen molar-refractivity contribution in [1.29, 1.82) is 0 Å². The van der Waals surface area contributed by atoms with Crippen molar-refractivity contribution in [2.45, 2.75) is 143 Å². The molecule has 0 aliphatic heterocycles. The largest absolute Gasteiger partial charge is 0.444 e. The lowest BCUT2D eigenvalue weighted by Crippen LogP contribution is -2.54. The van der Waals surface area contributed by atoms with E-state index >= 15 is 0 Å². The van der Waals surface area contributed by atoms with Gasteiger partial charge in [0.15, 0.2) is 0 Å². The Morgan fingerprint density at radius 3 is 1.49 bits per heavy atom. The second-order valence-electron chi connectivity index (χ2n) is 15.3. The van der Waals surface area contributed by atoms with Gasteiger partial charge in [0, 0.05) is 26.2 Å². The zero-order valence-electron chi connectivity index (χ0n) is 32.2. The molecule has 14 nitrogen and oxygen atoms in total. The van der Waals surface area contributed by atoms with Gasteiger partial charge in [0.25, 0.3) is 0 Å². The van der Waals surface area contributed by atoms with Gasteiger partial charge in [0.05, 0.1) is 6.61 Å². The Hall–Kier alpha value is -4.07. The Labute approximate surface area is 304 Å². The van der Waals surface area contributed by atoms with Crippen molar-refractivity contribution in [3.63, 3.8) is 0 Å². The lowest BCUT2D eigenvalue weighted by atomic mass is 10.1.